The molecule has 21 heavy (non-hydrogen) atoms. The molecule has 0 saturated carbocycles. The highest BCUT2D eigenvalue weighted by atomic mass is 35.5. The van der Waals surface area contributed by atoms with E-state index in [1.165, 1.54) is 22.2 Å². The van der Waals surface area contributed by atoms with Gasteiger partial charge in [0.1, 0.15) is 10.7 Å². The third-order valence-electron chi connectivity index (χ3n) is 2.93. The number of hydrogen-bond donors (Lipinski definition) is 0. The van der Waals surface area contributed by atoms with E-state index in [0.717, 1.165) is 0 Å². The molecule has 1 aromatic carbocycles. The Labute approximate surface area is 134 Å². The van der Waals surface area contributed by atoms with E-state index in [2.05, 4.69) is 10.1 Å². The average molecular weight is 338 g/mol. The second-order valence-corrected chi connectivity index (χ2v) is 5.98. The molecule has 0 spiro atoms. The van der Waals surface area contributed by atoms with Gasteiger partial charge in [-0.05, 0) is 24.4 Å². The van der Waals surface area contributed by atoms with E-state index in [4.69, 9.17) is 23.2 Å². The summed E-state index contributed by atoms with van der Waals surface area (Å²) in [4.78, 5) is 17.4. The van der Waals surface area contributed by atoms with Crippen molar-refractivity contribution in [2.45, 2.75) is 6.92 Å². The molecule has 0 aliphatic carbocycles. The second kappa shape index (κ2) is 5.60. The maximum atomic E-state index is 12.3. The fraction of sp³-hybridized carbons (Fsp3) is 0.0714. The van der Waals surface area contributed by atoms with Crippen molar-refractivity contribution in [2.75, 3.05) is 0 Å². The van der Waals surface area contributed by atoms with Crippen LogP contribution in [0.5, 0.6) is 0 Å². The molecule has 2 heterocycles. The van der Waals surface area contributed by atoms with E-state index in [1.54, 1.807) is 31.2 Å². The minimum Gasteiger partial charge on any atom is -0.267 e. The second-order valence-electron chi connectivity index (χ2n) is 4.30. The molecule has 3 aromatic rings. The van der Waals surface area contributed by atoms with Crippen molar-refractivity contribution in [2.24, 2.45) is 5.10 Å². The lowest BCUT2D eigenvalue weighted by molar-refractivity contribution is 0.772. The lowest BCUT2D eigenvalue weighted by Crippen LogP contribution is -2.19. The number of aryl methyl sites for hydroxylation is 1. The van der Waals surface area contributed by atoms with E-state index < -0.39 is 0 Å². The Morgan fingerprint density at radius 1 is 1.33 bits per heavy atom. The van der Waals surface area contributed by atoms with Crippen molar-refractivity contribution >= 4 is 51.0 Å². The zero-order valence-electron chi connectivity index (χ0n) is 10.9. The van der Waals surface area contributed by atoms with Crippen molar-refractivity contribution < 1.29 is 0 Å². The normalized spacial score (nSPS) is 11.6. The summed E-state index contributed by atoms with van der Waals surface area (Å²) in [6.45, 7) is 1.73. The monoisotopic (exact) mass is 337 g/mol. The summed E-state index contributed by atoms with van der Waals surface area (Å²) in [6.07, 6.45) is 1.50. The molecule has 0 unspecified atom stereocenters. The van der Waals surface area contributed by atoms with Crippen LogP contribution >= 0.6 is 34.5 Å². The van der Waals surface area contributed by atoms with Gasteiger partial charge in [0, 0.05) is 5.56 Å². The maximum Gasteiger partial charge on any atom is 0.282 e. The van der Waals surface area contributed by atoms with E-state index in [0.29, 0.717) is 31.6 Å². The minimum atomic E-state index is -0.201. The molecule has 7 heteroatoms. The summed E-state index contributed by atoms with van der Waals surface area (Å²) in [7, 11) is 0. The Hall–Kier alpha value is -1.69. The minimum absolute atomic E-state index is 0.201. The number of benzene rings is 1. The number of rotatable bonds is 2. The maximum absolute atomic E-state index is 12.3. The molecule has 106 valence electrons. The zero-order chi connectivity index (χ0) is 15.0. The van der Waals surface area contributed by atoms with Crippen molar-refractivity contribution in [3.63, 3.8) is 0 Å². The lowest BCUT2D eigenvalue weighted by Gasteiger charge is -2.03. The Morgan fingerprint density at radius 3 is 2.95 bits per heavy atom. The van der Waals surface area contributed by atoms with Crippen LogP contribution in [-0.2, 0) is 0 Å². The molecule has 0 aliphatic heterocycles. The molecule has 4 nitrogen and oxygen atoms in total. The Bertz CT molecular complexity index is 914. The van der Waals surface area contributed by atoms with Crippen LogP contribution < -0.4 is 5.56 Å². The Morgan fingerprint density at radius 2 is 2.14 bits per heavy atom. The Kier molecular flexibility index (Phi) is 3.80. The highest BCUT2D eigenvalue weighted by molar-refractivity contribution is 7.16. The molecule has 0 amide bonds. The van der Waals surface area contributed by atoms with Gasteiger partial charge in [-0.15, -0.1) is 11.3 Å². The highest BCUT2D eigenvalue weighted by Crippen LogP contribution is 2.24. The predicted molar refractivity (Wildman–Crippen MR) is 88.1 cm³/mol. The quantitative estimate of drug-likeness (QED) is 0.664. The number of thiophene rings is 1. The molecule has 0 saturated heterocycles. The first kappa shape index (κ1) is 14.3. The number of aromatic nitrogens is 2. The third kappa shape index (κ3) is 2.60. The lowest BCUT2D eigenvalue weighted by atomic mass is 10.2. The van der Waals surface area contributed by atoms with E-state index in [9.17, 15) is 4.79 Å². The number of hydrogen-bond acceptors (Lipinski definition) is 4. The molecule has 0 bridgehead atoms. The molecule has 0 N–H and O–H groups in total. The molecule has 2 aromatic heterocycles. The molecule has 3 rings (SSSR count). The van der Waals surface area contributed by atoms with Gasteiger partial charge >= 0.3 is 0 Å². The van der Waals surface area contributed by atoms with Gasteiger partial charge in [0.25, 0.3) is 5.56 Å². The van der Waals surface area contributed by atoms with Gasteiger partial charge < -0.3 is 0 Å². The highest BCUT2D eigenvalue weighted by Gasteiger charge is 2.08. The van der Waals surface area contributed by atoms with Crippen molar-refractivity contribution in [3.05, 3.63) is 61.4 Å². The van der Waals surface area contributed by atoms with Gasteiger partial charge in [0.05, 0.1) is 21.6 Å². The average Bonchev–Trinajstić information content (AvgIpc) is 2.91. The van der Waals surface area contributed by atoms with Crippen LogP contribution in [0.3, 0.4) is 0 Å². The number of nitrogens with zero attached hydrogens (tertiary/aromatic N) is 3. The first-order chi connectivity index (χ1) is 10.1. The summed E-state index contributed by atoms with van der Waals surface area (Å²) >= 11 is 13.5. The van der Waals surface area contributed by atoms with E-state index >= 15 is 0 Å². The van der Waals surface area contributed by atoms with Crippen LogP contribution in [0.15, 0.2) is 39.5 Å². The molecule has 0 fully saturated rings. The van der Waals surface area contributed by atoms with Crippen LogP contribution in [0, 0.1) is 6.92 Å². The van der Waals surface area contributed by atoms with Crippen LogP contribution in [0.4, 0.5) is 0 Å². The first-order valence-corrected chi connectivity index (χ1v) is 7.66. The van der Waals surface area contributed by atoms with Gasteiger partial charge in [-0.3, -0.25) is 4.79 Å². The van der Waals surface area contributed by atoms with Crippen LogP contribution in [0.25, 0.3) is 10.2 Å². The number of fused-ring (bicyclic) bond motifs is 1. The molecular weight excluding hydrogens is 329 g/mol. The van der Waals surface area contributed by atoms with Crippen molar-refractivity contribution in [1.29, 1.82) is 0 Å². The summed E-state index contributed by atoms with van der Waals surface area (Å²) < 4.78 is 1.26. The van der Waals surface area contributed by atoms with E-state index in [-0.39, 0.29) is 5.56 Å². The van der Waals surface area contributed by atoms with Crippen LogP contribution in [0.2, 0.25) is 10.0 Å². The van der Waals surface area contributed by atoms with Crippen molar-refractivity contribution in [1.82, 2.24) is 9.66 Å². The number of halogens is 2. The summed E-state index contributed by atoms with van der Waals surface area (Å²) in [5.74, 6) is 0.518. The van der Waals surface area contributed by atoms with Crippen LogP contribution in [0.1, 0.15) is 11.4 Å². The summed E-state index contributed by atoms with van der Waals surface area (Å²) in [5.41, 5.74) is 0.439. The largest absolute Gasteiger partial charge is 0.282 e. The fourth-order valence-electron chi connectivity index (χ4n) is 1.88. The fourth-order valence-corrected chi connectivity index (χ4v) is 3.04. The van der Waals surface area contributed by atoms with Gasteiger partial charge in [-0.1, -0.05) is 35.3 Å². The summed E-state index contributed by atoms with van der Waals surface area (Å²) in [5, 5.41) is 7.42. The van der Waals surface area contributed by atoms with Gasteiger partial charge in [-0.2, -0.15) is 9.78 Å². The topological polar surface area (TPSA) is 47.2 Å². The van der Waals surface area contributed by atoms with Gasteiger partial charge in [-0.25, -0.2) is 4.98 Å². The smallest absolute Gasteiger partial charge is 0.267 e. The third-order valence-corrected chi connectivity index (χ3v) is 4.57. The molecule has 0 radical (unpaired) electrons. The SMILES string of the molecule is Cc1nc2sccc2c(=O)n1/N=C\c1cccc(Cl)c1Cl. The van der Waals surface area contributed by atoms with E-state index in [1.807, 2.05) is 5.38 Å². The Balaban J connectivity index is 2.11. The zero-order valence-corrected chi connectivity index (χ0v) is 13.2. The van der Waals surface area contributed by atoms with Gasteiger partial charge in [0.15, 0.2) is 0 Å². The van der Waals surface area contributed by atoms with Gasteiger partial charge in [0.2, 0.25) is 0 Å². The predicted octanol–water partition coefficient (Wildman–Crippen LogP) is 3.96. The van der Waals surface area contributed by atoms with Crippen LogP contribution in [-0.4, -0.2) is 15.9 Å². The summed E-state index contributed by atoms with van der Waals surface area (Å²) in [6, 6.07) is 6.98. The molecule has 0 aliphatic rings. The molecule has 0 atom stereocenters. The first-order valence-electron chi connectivity index (χ1n) is 6.03. The van der Waals surface area contributed by atoms with Crippen molar-refractivity contribution in [3.8, 4) is 0 Å². The molecular formula is C14H9Cl2N3OS. The standard InChI is InChI=1S/C14H9Cl2N3OS/c1-8-18-13-10(5-6-21-13)14(20)19(8)17-7-9-3-2-4-11(15)12(9)16/h2-7H,1H3/b17-7-.